The number of rotatable bonds is 5. The third-order valence-electron chi connectivity index (χ3n) is 2.29. The summed E-state index contributed by atoms with van der Waals surface area (Å²) in [7, 11) is 1.67. The summed E-state index contributed by atoms with van der Waals surface area (Å²) < 4.78 is 19.0. The highest BCUT2D eigenvalue weighted by atomic mass is 19.1. The summed E-state index contributed by atoms with van der Waals surface area (Å²) in [6.07, 6.45) is 3.43. The molecule has 0 amide bonds. The average Bonchev–Trinajstić information content (AvgIpc) is 2.45. The van der Waals surface area contributed by atoms with E-state index in [-0.39, 0.29) is 17.4 Å². The van der Waals surface area contributed by atoms with Gasteiger partial charge < -0.3 is 10.1 Å². The molecule has 7 heteroatoms. The zero-order valence-electron chi connectivity index (χ0n) is 10.7. The molecule has 0 saturated carbocycles. The Morgan fingerprint density at radius 3 is 2.84 bits per heavy atom. The lowest BCUT2D eigenvalue weighted by Crippen LogP contribution is -2.06. The molecule has 1 N–H and O–H groups in total. The van der Waals surface area contributed by atoms with E-state index in [0.717, 1.165) is 12.6 Å². The molecular weight excluding hydrogens is 249 g/mol. The smallest absolute Gasteiger partial charge is 0.321 e. The molecule has 0 fully saturated rings. The van der Waals surface area contributed by atoms with E-state index >= 15 is 0 Å². The highest BCUT2D eigenvalue weighted by molar-refractivity contribution is 5.56. The molecule has 0 aromatic carbocycles. The molecule has 0 atom stereocenters. The zero-order chi connectivity index (χ0) is 13.7. The third kappa shape index (κ3) is 3.12. The van der Waals surface area contributed by atoms with Gasteiger partial charge in [0.15, 0.2) is 11.6 Å². The van der Waals surface area contributed by atoms with Crippen molar-refractivity contribution in [3.63, 3.8) is 0 Å². The topological polar surface area (TPSA) is 72.8 Å². The highest BCUT2D eigenvalue weighted by Gasteiger charge is 2.12. The minimum absolute atomic E-state index is 0.174. The van der Waals surface area contributed by atoms with Crippen LogP contribution in [0.1, 0.15) is 13.3 Å². The van der Waals surface area contributed by atoms with Gasteiger partial charge in [-0.3, -0.25) is 4.98 Å². The standard InChI is InChI=1S/C12H14FN5O/c1-3-6-19-12-17-10(16-11(14-2)18-12)8-4-5-15-7-9(8)13/h4-5,7H,3,6H2,1-2H3,(H,14,16,17,18). The molecule has 6 nitrogen and oxygen atoms in total. The van der Waals surface area contributed by atoms with Crippen LogP contribution in [0.2, 0.25) is 0 Å². The van der Waals surface area contributed by atoms with Gasteiger partial charge in [0.1, 0.15) is 0 Å². The van der Waals surface area contributed by atoms with Crippen molar-refractivity contribution in [1.29, 1.82) is 0 Å². The van der Waals surface area contributed by atoms with Crippen molar-refractivity contribution >= 4 is 5.95 Å². The maximum Gasteiger partial charge on any atom is 0.321 e. The van der Waals surface area contributed by atoms with Gasteiger partial charge in [-0.25, -0.2) is 4.39 Å². The van der Waals surface area contributed by atoms with E-state index in [9.17, 15) is 4.39 Å². The van der Waals surface area contributed by atoms with Crippen LogP contribution in [0.4, 0.5) is 10.3 Å². The van der Waals surface area contributed by atoms with Gasteiger partial charge in [-0.05, 0) is 12.5 Å². The summed E-state index contributed by atoms with van der Waals surface area (Å²) in [4.78, 5) is 16.0. The fourth-order valence-electron chi connectivity index (χ4n) is 1.40. The molecule has 0 radical (unpaired) electrons. The molecule has 2 aromatic rings. The minimum atomic E-state index is -0.489. The van der Waals surface area contributed by atoms with Crippen molar-refractivity contribution in [3.8, 4) is 17.4 Å². The maximum atomic E-state index is 13.7. The van der Waals surface area contributed by atoms with Crippen molar-refractivity contribution in [2.24, 2.45) is 0 Å². The van der Waals surface area contributed by atoms with Crippen LogP contribution in [0.3, 0.4) is 0 Å². The maximum absolute atomic E-state index is 13.7. The van der Waals surface area contributed by atoms with Gasteiger partial charge in [-0.1, -0.05) is 6.92 Å². The predicted molar refractivity (Wildman–Crippen MR) is 68.3 cm³/mol. The van der Waals surface area contributed by atoms with E-state index in [1.54, 1.807) is 7.05 Å². The number of pyridine rings is 1. The lowest BCUT2D eigenvalue weighted by Gasteiger charge is -2.07. The summed E-state index contributed by atoms with van der Waals surface area (Å²) in [5.74, 6) is 0.0508. The molecule has 0 unspecified atom stereocenters. The molecule has 2 rings (SSSR count). The molecule has 0 aliphatic rings. The largest absolute Gasteiger partial charge is 0.463 e. The molecule has 19 heavy (non-hydrogen) atoms. The van der Waals surface area contributed by atoms with Gasteiger partial charge in [-0.2, -0.15) is 15.0 Å². The first-order valence-electron chi connectivity index (χ1n) is 5.91. The van der Waals surface area contributed by atoms with Gasteiger partial charge in [0, 0.05) is 13.2 Å². The zero-order valence-corrected chi connectivity index (χ0v) is 10.7. The van der Waals surface area contributed by atoms with E-state index in [4.69, 9.17) is 4.74 Å². The Kier molecular flexibility index (Phi) is 4.17. The number of hydrogen-bond donors (Lipinski definition) is 1. The van der Waals surface area contributed by atoms with Crippen molar-refractivity contribution < 1.29 is 9.13 Å². The molecule has 2 heterocycles. The van der Waals surface area contributed by atoms with Crippen molar-refractivity contribution in [1.82, 2.24) is 19.9 Å². The molecule has 100 valence electrons. The van der Waals surface area contributed by atoms with Crippen molar-refractivity contribution in [2.75, 3.05) is 19.0 Å². The van der Waals surface area contributed by atoms with E-state index in [0.29, 0.717) is 12.6 Å². The first kappa shape index (κ1) is 13.1. The Labute approximate surface area is 110 Å². The summed E-state index contributed by atoms with van der Waals surface area (Å²) in [5, 5.41) is 2.79. The van der Waals surface area contributed by atoms with Crippen LogP contribution in [0, 0.1) is 5.82 Å². The number of anilines is 1. The fourth-order valence-corrected chi connectivity index (χ4v) is 1.40. The molecule has 2 aromatic heterocycles. The van der Waals surface area contributed by atoms with Gasteiger partial charge in [0.05, 0.1) is 18.4 Å². The molecule has 0 bridgehead atoms. The molecular formula is C12H14FN5O. The number of aromatic nitrogens is 4. The van der Waals surface area contributed by atoms with Crippen LogP contribution in [0.5, 0.6) is 6.01 Å². The Balaban J connectivity index is 2.42. The summed E-state index contributed by atoms with van der Waals surface area (Å²) in [5.41, 5.74) is 0.259. The predicted octanol–water partition coefficient (Wildman–Crippen LogP) is 1.90. The Morgan fingerprint density at radius 2 is 2.16 bits per heavy atom. The minimum Gasteiger partial charge on any atom is -0.463 e. The van der Waals surface area contributed by atoms with Crippen LogP contribution in [-0.4, -0.2) is 33.6 Å². The van der Waals surface area contributed by atoms with Crippen LogP contribution in [-0.2, 0) is 0 Å². The second-order valence-electron chi connectivity index (χ2n) is 3.72. The van der Waals surface area contributed by atoms with Crippen LogP contribution < -0.4 is 10.1 Å². The average molecular weight is 263 g/mol. The van der Waals surface area contributed by atoms with E-state index in [1.165, 1.54) is 12.3 Å². The fraction of sp³-hybridized carbons (Fsp3) is 0.333. The first-order chi connectivity index (χ1) is 9.24. The van der Waals surface area contributed by atoms with Gasteiger partial charge in [0.25, 0.3) is 0 Å². The molecule has 0 saturated heterocycles. The third-order valence-corrected chi connectivity index (χ3v) is 2.29. The van der Waals surface area contributed by atoms with Gasteiger partial charge >= 0.3 is 6.01 Å². The molecule has 0 aliphatic heterocycles. The highest BCUT2D eigenvalue weighted by Crippen LogP contribution is 2.20. The van der Waals surface area contributed by atoms with Crippen molar-refractivity contribution in [3.05, 3.63) is 24.3 Å². The Bertz CT molecular complexity index is 564. The number of nitrogens with one attached hydrogen (secondary N) is 1. The number of nitrogens with zero attached hydrogens (tertiary/aromatic N) is 4. The van der Waals surface area contributed by atoms with Crippen molar-refractivity contribution in [2.45, 2.75) is 13.3 Å². The number of ether oxygens (including phenoxy) is 1. The summed E-state index contributed by atoms with van der Waals surface area (Å²) in [6, 6.07) is 1.68. The Morgan fingerprint density at radius 1 is 1.32 bits per heavy atom. The summed E-state index contributed by atoms with van der Waals surface area (Å²) >= 11 is 0. The van der Waals surface area contributed by atoms with E-state index in [2.05, 4.69) is 25.3 Å². The number of halogens is 1. The van der Waals surface area contributed by atoms with E-state index in [1.807, 2.05) is 6.92 Å². The summed E-state index contributed by atoms with van der Waals surface area (Å²) in [6.45, 7) is 2.47. The normalized spacial score (nSPS) is 10.3. The van der Waals surface area contributed by atoms with Gasteiger partial charge in [-0.15, -0.1) is 0 Å². The molecule has 0 aliphatic carbocycles. The first-order valence-corrected chi connectivity index (χ1v) is 5.91. The second-order valence-corrected chi connectivity index (χ2v) is 3.72. The second kappa shape index (κ2) is 6.03. The van der Waals surface area contributed by atoms with Gasteiger partial charge in [0.2, 0.25) is 5.95 Å². The lowest BCUT2D eigenvalue weighted by atomic mass is 10.2. The van der Waals surface area contributed by atoms with Crippen LogP contribution in [0.15, 0.2) is 18.5 Å². The quantitative estimate of drug-likeness (QED) is 0.888. The SMILES string of the molecule is CCCOc1nc(NC)nc(-c2ccncc2F)n1. The lowest BCUT2D eigenvalue weighted by molar-refractivity contribution is 0.292. The molecule has 0 spiro atoms. The number of hydrogen-bond acceptors (Lipinski definition) is 6. The Hall–Kier alpha value is -2.31. The monoisotopic (exact) mass is 263 g/mol. The van der Waals surface area contributed by atoms with E-state index < -0.39 is 5.82 Å². The van der Waals surface area contributed by atoms with Crippen LogP contribution in [0.25, 0.3) is 11.4 Å². The van der Waals surface area contributed by atoms with Crippen LogP contribution >= 0.6 is 0 Å².